The zero-order valence-electron chi connectivity index (χ0n) is 6.64. The van der Waals surface area contributed by atoms with Gasteiger partial charge in [0.05, 0.1) is 0 Å². The van der Waals surface area contributed by atoms with Crippen molar-refractivity contribution in [3.05, 3.63) is 0 Å². The highest BCUT2D eigenvalue weighted by Crippen LogP contribution is 1.97. The number of carbonyl (C=O) groups excluding carboxylic acids is 1. The molecule has 0 aromatic heterocycles. The number of hydrogen-bond acceptors (Lipinski definition) is 2. The van der Waals surface area contributed by atoms with Crippen molar-refractivity contribution in [3.63, 3.8) is 0 Å². The van der Waals surface area contributed by atoms with Crippen molar-refractivity contribution in [2.75, 3.05) is 19.0 Å². The van der Waals surface area contributed by atoms with Crippen molar-refractivity contribution in [2.24, 2.45) is 5.92 Å². The van der Waals surface area contributed by atoms with Gasteiger partial charge in [0.25, 0.3) is 0 Å². The van der Waals surface area contributed by atoms with Crippen LogP contribution < -0.4 is 5.32 Å². The molecule has 2 N–H and O–H groups in total. The fourth-order valence-electron chi connectivity index (χ4n) is 0.658. The molecule has 0 aliphatic carbocycles. The number of amides is 1. The summed E-state index contributed by atoms with van der Waals surface area (Å²) in [7, 11) is 0. The van der Waals surface area contributed by atoms with Crippen molar-refractivity contribution < 1.29 is 9.90 Å². The normalized spacial score (nSPS) is 12.6. The second-order valence-corrected chi connectivity index (χ2v) is 2.82. The molecule has 0 aliphatic rings. The van der Waals surface area contributed by atoms with Crippen LogP contribution in [0.15, 0.2) is 0 Å². The van der Waals surface area contributed by atoms with E-state index in [2.05, 4.69) is 5.32 Å². The molecule has 1 amide bonds. The molecule has 1 unspecified atom stereocenters. The van der Waals surface area contributed by atoms with Gasteiger partial charge in [-0.25, -0.2) is 0 Å². The summed E-state index contributed by atoms with van der Waals surface area (Å²) in [6.45, 7) is 2.72. The molecule has 3 nitrogen and oxygen atoms in total. The SMILES string of the molecule is CC(CCO)CNC(=O)CCl. The van der Waals surface area contributed by atoms with Crippen LogP contribution in [0.3, 0.4) is 0 Å². The highest BCUT2D eigenvalue weighted by Gasteiger charge is 2.02. The number of alkyl halides is 1. The molecule has 0 aromatic carbocycles. The van der Waals surface area contributed by atoms with Crippen LogP contribution >= 0.6 is 11.6 Å². The van der Waals surface area contributed by atoms with Crippen LogP contribution in [0.25, 0.3) is 0 Å². The van der Waals surface area contributed by atoms with Gasteiger partial charge in [0.15, 0.2) is 0 Å². The highest BCUT2D eigenvalue weighted by molar-refractivity contribution is 6.27. The lowest BCUT2D eigenvalue weighted by Crippen LogP contribution is -2.29. The molecular weight excluding hydrogens is 166 g/mol. The first kappa shape index (κ1) is 10.7. The van der Waals surface area contributed by atoms with Crippen LogP contribution in [0.5, 0.6) is 0 Å². The first-order chi connectivity index (χ1) is 5.20. The Balaban J connectivity index is 3.29. The summed E-state index contributed by atoms with van der Waals surface area (Å²) in [6, 6.07) is 0. The topological polar surface area (TPSA) is 49.3 Å². The molecule has 0 rings (SSSR count). The Morgan fingerprint density at radius 3 is 2.82 bits per heavy atom. The van der Waals surface area contributed by atoms with E-state index in [0.717, 1.165) is 0 Å². The Labute approximate surface area is 71.7 Å². The number of rotatable bonds is 5. The van der Waals surface area contributed by atoms with Crippen LogP contribution in [0, 0.1) is 5.92 Å². The monoisotopic (exact) mass is 179 g/mol. The Bertz CT molecular complexity index is 119. The minimum absolute atomic E-state index is 0.00580. The summed E-state index contributed by atoms with van der Waals surface area (Å²) in [6.07, 6.45) is 0.711. The minimum Gasteiger partial charge on any atom is -0.396 e. The van der Waals surface area contributed by atoms with E-state index in [1.165, 1.54) is 0 Å². The van der Waals surface area contributed by atoms with Crippen molar-refractivity contribution in [3.8, 4) is 0 Å². The third-order valence-corrected chi connectivity index (χ3v) is 1.63. The Morgan fingerprint density at radius 1 is 1.73 bits per heavy atom. The Kier molecular flexibility index (Phi) is 6.27. The zero-order valence-corrected chi connectivity index (χ0v) is 7.40. The Hall–Kier alpha value is -0.280. The van der Waals surface area contributed by atoms with Gasteiger partial charge in [-0.2, -0.15) is 0 Å². The molecule has 0 aliphatic heterocycles. The van der Waals surface area contributed by atoms with Crippen LogP contribution in [-0.4, -0.2) is 30.0 Å². The lowest BCUT2D eigenvalue weighted by Gasteiger charge is -2.09. The second-order valence-electron chi connectivity index (χ2n) is 2.56. The third-order valence-electron chi connectivity index (χ3n) is 1.39. The largest absolute Gasteiger partial charge is 0.396 e. The number of nitrogens with one attached hydrogen (secondary N) is 1. The number of halogens is 1. The molecule has 0 heterocycles. The summed E-state index contributed by atoms with van der Waals surface area (Å²) in [5.74, 6) is 0.162. The van der Waals surface area contributed by atoms with Crippen molar-refractivity contribution >= 4 is 17.5 Å². The van der Waals surface area contributed by atoms with Crippen molar-refractivity contribution in [1.82, 2.24) is 5.32 Å². The van der Waals surface area contributed by atoms with Gasteiger partial charge in [0.2, 0.25) is 5.91 Å². The van der Waals surface area contributed by atoms with E-state index in [0.29, 0.717) is 18.9 Å². The van der Waals surface area contributed by atoms with E-state index in [9.17, 15) is 4.79 Å². The molecule has 0 saturated carbocycles. The van der Waals surface area contributed by atoms with E-state index < -0.39 is 0 Å². The summed E-state index contributed by atoms with van der Waals surface area (Å²) < 4.78 is 0. The van der Waals surface area contributed by atoms with Crippen LogP contribution in [-0.2, 0) is 4.79 Å². The number of aliphatic hydroxyl groups excluding tert-OH is 1. The molecule has 0 spiro atoms. The number of hydrogen-bond donors (Lipinski definition) is 2. The molecule has 11 heavy (non-hydrogen) atoms. The number of carbonyl (C=O) groups is 1. The highest BCUT2D eigenvalue weighted by atomic mass is 35.5. The van der Waals surface area contributed by atoms with Crippen LogP contribution in [0.1, 0.15) is 13.3 Å². The van der Waals surface area contributed by atoms with E-state index in [1.54, 1.807) is 0 Å². The lowest BCUT2D eigenvalue weighted by molar-refractivity contribution is -0.118. The van der Waals surface area contributed by atoms with Gasteiger partial charge in [-0.15, -0.1) is 11.6 Å². The van der Waals surface area contributed by atoms with Gasteiger partial charge in [0.1, 0.15) is 5.88 Å². The molecule has 66 valence electrons. The smallest absolute Gasteiger partial charge is 0.234 e. The molecule has 1 atom stereocenters. The molecule has 0 fully saturated rings. The fraction of sp³-hybridized carbons (Fsp3) is 0.857. The van der Waals surface area contributed by atoms with Gasteiger partial charge in [-0.05, 0) is 12.3 Å². The minimum atomic E-state index is -0.156. The van der Waals surface area contributed by atoms with Gasteiger partial charge in [-0.1, -0.05) is 6.92 Å². The van der Waals surface area contributed by atoms with Crippen LogP contribution in [0.2, 0.25) is 0 Å². The molecular formula is C7H14ClNO2. The predicted molar refractivity (Wildman–Crippen MR) is 44.6 cm³/mol. The maximum Gasteiger partial charge on any atom is 0.234 e. The fourth-order valence-corrected chi connectivity index (χ4v) is 0.752. The van der Waals surface area contributed by atoms with Gasteiger partial charge in [-0.3, -0.25) is 4.79 Å². The zero-order chi connectivity index (χ0) is 8.69. The van der Waals surface area contributed by atoms with E-state index >= 15 is 0 Å². The maximum absolute atomic E-state index is 10.6. The number of aliphatic hydroxyl groups is 1. The molecule has 0 aromatic rings. The third kappa shape index (κ3) is 6.13. The van der Waals surface area contributed by atoms with Gasteiger partial charge < -0.3 is 10.4 Å². The van der Waals surface area contributed by atoms with Gasteiger partial charge >= 0.3 is 0 Å². The van der Waals surface area contributed by atoms with Crippen molar-refractivity contribution in [2.45, 2.75) is 13.3 Å². The lowest BCUT2D eigenvalue weighted by atomic mass is 10.1. The quantitative estimate of drug-likeness (QED) is 0.599. The average molecular weight is 180 g/mol. The van der Waals surface area contributed by atoms with Crippen LogP contribution in [0.4, 0.5) is 0 Å². The molecule has 0 radical (unpaired) electrons. The average Bonchev–Trinajstić information content (AvgIpc) is 2.01. The first-order valence-corrected chi connectivity index (χ1v) is 4.17. The summed E-state index contributed by atoms with van der Waals surface area (Å²) in [5, 5.41) is 11.2. The summed E-state index contributed by atoms with van der Waals surface area (Å²) >= 11 is 5.25. The molecule has 4 heteroatoms. The maximum atomic E-state index is 10.6. The summed E-state index contributed by atoms with van der Waals surface area (Å²) in [5.41, 5.74) is 0. The predicted octanol–water partition coefficient (Wildman–Crippen LogP) is 0.360. The van der Waals surface area contributed by atoms with E-state index in [-0.39, 0.29) is 18.4 Å². The van der Waals surface area contributed by atoms with Crippen molar-refractivity contribution in [1.29, 1.82) is 0 Å². The van der Waals surface area contributed by atoms with Gasteiger partial charge in [0, 0.05) is 13.2 Å². The van der Waals surface area contributed by atoms with E-state index in [1.807, 2.05) is 6.92 Å². The Morgan fingerprint density at radius 2 is 2.36 bits per heavy atom. The molecule has 0 saturated heterocycles. The standard InChI is InChI=1S/C7H14ClNO2/c1-6(2-3-10)5-9-7(11)4-8/h6,10H,2-5H2,1H3,(H,9,11). The molecule has 0 bridgehead atoms. The second kappa shape index (κ2) is 6.43. The van der Waals surface area contributed by atoms with E-state index in [4.69, 9.17) is 16.7 Å². The summed E-state index contributed by atoms with van der Waals surface area (Å²) in [4.78, 5) is 10.6. The first-order valence-electron chi connectivity index (χ1n) is 3.64.